The fraction of sp³-hybridized carbons (Fsp3) is 0.208. The molecule has 6 rings (SSSR count). The Balaban J connectivity index is 1.27. The number of hydrogen-bond acceptors (Lipinski definition) is 6. The van der Waals surface area contributed by atoms with E-state index in [1.165, 1.54) is 18.3 Å². The third kappa shape index (κ3) is 3.60. The number of anilines is 2. The Labute approximate surface area is 193 Å². The van der Waals surface area contributed by atoms with Gasteiger partial charge in [-0.1, -0.05) is 18.2 Å². The van der Waals surface area contributed by atoms with Gasteiger partial charge in [-0.25, -0.2) is 4.98 Å². The van der Waals surface area contributed by atoms with Gasteiger partial charge in [0.25, 0.3) is 5.91 Å². The second-order valence-electron chi connectivity index (χ2n) is 8.29. The Morgan fingerprint density at radius 2 is 2.00 bits per heavy atom. The summed E-state index contributed by atoms with van der Waals surface area (Å²) in [6.45, 7) is 1.96. The number of carbonyl (C=O) groups excluding carboxylic acids is 2. The van der Waals surface area contributed by atoms with E-state index in [0.717, 1.165) is 50.9 Å². The molecule has 0 spiro atoms. The normalized spacial score (nSPS) is 15.1. The zero-order valence-corrected chi connectivity index (χ0v) is 18.7. The molecule has 1 fully saturated rings. The van der Waals surface area contributed by atoms with Crippen molar-refractivity contribution < 1.29 is 9.59 Å². The number of pyridine rings is 1. The number of thiophene rings is 1. The summed E-state index contributed by atoms with van der Waals surface area (Å²) in [5, 5.41) is 11.1. The number of benzene rings is 1. The standard InChI is InChI=1S/C24H20N6O2S/c1-14(31)26-17-5-2-4-15(10-17)20-11-16-12-29(24(32)22(16)33-20)21-7-3-6-19(27-21)23-28-25-13-30(23)18-8-9-18/h2-7,10-11,13,18H,8-9,12H2,1H3,(H,26,31). The summed E-state index contributed by atoms with van der Waals surface area (Å²) in [4.78, 5) is 32.8. The maximum absolute atomic E-state index is 13.2. The predicted molar refractivity (Wildman–Crippen MR) is 126 cm³/mol. The molecule has 0 radical (unpaired) electrons. The van der Waals surface area contributed by atoms with E-state index in [9.17, 15) is 9.59 Å². The van der Waals surface area contributed by atoms with Crippen molar-refractivity contribution in [3.05, 3.63) is 65.3 Å². The molecule has 2 aliphatic rings. The summed E-state index contributed by atoms with van der Waals surface area (Å²) in [5.74, 6) is 1.19. The molecule has 1 aromatic carbocycles. The fourth-order valence-electron chi connectivity index (χ4n) is 4.12. The lowest BCUT2D eigenvalue weighted by atomic mass is 10.1. The van der Waals surface area contributed by atoms with E-state index in [1.54, 1.807) is 11.2 Å². The molecule has 0 saturated heterocycles. The lowest BCUT2D eigenvalue weighted by Crippen LogP contribution is -2.24. The van der Waals surface area contributed by atoms with Gasteiger partial charge in [0.15, 0.2) is 5.82 Å². The summed E-state index contributed by atoms with van der Waals surface area (Å²) in [6, 6.07) is 15.8. The average Bonchev–Trinajstić information content (AvgIpc) is 3.25. The second kappa shape index (κ2) is 7.63. The van der Waals surface area contributed by atoms with Crippen LogP contribution in [0.1, 0.15) is 41.0 Å². The highest BCUT2D eigenvalue weighted by molar-refractivity contribution is 7.17. The van der Waals surface area contributed by atoms with Gasteiger partial charge >= 0.3 is 0 Å². The number of fused-ring (bicyclic) bond motifs is 1. The Morgan fingerprint density at radius 3 is 2.79 bits per heavy atom. The molecule has 4 aromatic rings. The van der Waals surface area contributed by atoms with Crippen molar-refractivity contribution in [1.29, 1.82) is 0 Å². The topological polar surface area (TPSA) is 93.0 Å². The summed E-state index contributed by atoms with van der Waals surface area (Å²) in [5.41, 5.74) is 3.41. The molecule has 1 aliphatic carbocycles. The maximum atomic E-state index is 13.2. The molecule has 164 valence electrons. The minimum Gasteiger partial charge on any atom is -0.326 e. The van der Waals surface area contributed by atoms with Gasteiger partial charge in [-0.3, -0.25) is 14.5 Å². The average molecular weight is 457 g/mol. The van der Waals surface area contributed by atoms with Gasteiger partial charge < -0.3 is 9.88 Å². The highest BCUT2D eigenvalue weighted by Crippen LogP contribution is 2.40. The number of rotatable bonds is 5. The van der Waals surface area contributed by atoms with Crippen molar-refractivity contribution in [1.82, 2.24) is 19.7 Å². The van der Waals surface area contributed by atoms with Crippen LogP contribution in [0, 0.1) is 0 Å². The van der Waals surface area contributed by atoms with E-state index in [4.69, 9.17) is 4.98 Å². The van der Waals surface area contributed by atoms with Crippen LogP contribution in [0.25, 0.3) is 22.0 Å². The zero-order chi connectivity index (χ0) is 22.5. The minimum absolute atomic E-state index is 0.0485. The third-order valence-electron chi connectivity index (χ3n) is 5.80. The van der Waals surface area contributed by atoms with E-state index in [2.05, 4.69) is 26.1 Å². The molecule has 2 amide bonds. The SMILES string of the molecule is CC(=O)Nc1cccc(-c2cc3c(s2)C(=O)N(c2cccc(-c4nncn4C4CC4)n2)C3)c1. The van der Waals surface area contributed by atoms with Crippen LogP contribution in [-0.4, -0.2) is 31.6 Å². The molecule has 1 saturated carbocycles. The van der Waals surface area contributed by atoms with Crippen LogP contribution >= 0.6 is 11.3 Å². The van der Waals surface area contributed by atoms with Gasteiger partial charge in [-0.15, -0.1) is 21.5 Å². The van der Waals surface area contributed by atoms with Crippen LogP contribution in [0.5, 0.6) is 0 Å². The maximum Gasteiger partial charge on any atom is 0.270 e. The van der Waals surface area contributed by atoms with E-state index < -0.39 is 0 Å². The number of nitrogens with zero attached hydrogens (tertiary/aromatic N) is 5. The number of nitrogens with one attached hydrogen (secondary N) is 1. The summed E-state index contributed by atoms with van der Waals surface area (Å²) in [6.07, 6.45) is 4.01. The highest BCUT2D eigenvalue weighted by atomic mass is 32.1. The van der Waals surface area contributed by atoms with Crippen LogP contribution in [0.3, 0.4) is 0 Å². The highest BCUT2D eigenvalue weighted by Gasteiger charge is 2.33. The molecule has 9 heteroatoms. The Kier molecular flexibility index (Phi) is 4.58. The van der Waals surface area contributed by atoms with Crippen molar-refractivity contribution >= 4 is 34.7 Å². The van der Waals surface area contributed by atoms with Gasteiger partial charge in [0.1, 0.15) is 17.8 Å². The van der Waals surface area contributed by atoms with Crippen molar-refractivity contribution in [2.45, 2.75) is 32.4 Å². The second-order valence-corrected chi connectivity index (χ2v) is 9.34. The number of hydrogen-bond donors (Lipinski definition) is 1. The largest absolute Gasteiger partial charge is 0.326 e. The number of aromatic nitrogens is 4. The van der Waals surface area contributed by atoms with E-state index in [1.807, 2.05) is 42.5 Å². The molecule has 3 aromatic heterocycles. The summed E-state index contributed by atoms with van der Waals surface area (Å²) < 4.78 is 2.07. The molecule has 8 nitrogen and oxygen atoms in total. The van der Waals surface area contributed by atoms with Gasteiger partial charge in [0, 0.05) is 23.5 Å². The molecule has 0 bridgehead atoms. The zero-order valence-electron chi connectivity index (χ0n) is 17.9. The summed E-state index contributed by atoms with van der Waals surface area (Å²) >= 11 is 1.47. The quantitative estimate of drug-likeness (QED) is 0.477. The Morgan fingerprint density at radius 1 is 1.15 bits per heavy atom. The predicted octanol–water partition coefficient (Wildman–Crippen LogP) is 4.52. The van der Waals surface area contributed by atoms with Crippen molar-refractivity contribution in [3.63, 3.8) is 0 Å². The van der Waals surface area contributed by atoms with Crippen molar-refractivity contribution in [3.8, 4) is 22.0 Å². The molecule has 1 aliphatic heterocycles. The van der Waals surface area contributed by atoms with Gasteiger partial charge in [0.05, 0.1) is 11.4 Å². The van der Waals surface area contributed by atoms with Crippen LogP contribution in [0.4, 0.5) is 11.5 Å². The fourth-order valence-corrected chi connectivity index (χ4v) is 5.23. The molecule has 4 heterocycles. The molecule has 1 N–H and O–H groups in total. The third-order valence-corrected chi connectivity index (χ3v) is 7.01. The number of carbonyl (C=O) groups is 2. The molecular weight excluding hydrogens is 436 g/mol. The molecule has 0 atom stereocenters. The van der Waals surface area contributed by atoms with Crippen LogP contribution in [0.15, 0.2) is 54.9 Å². The lowest BCUT2D eigenvalue weighted by molar-refractivity contribution is -0.114. The Bertz CT molecular complexity index is 1400. The lowest BCUT2D eigenvalue weighted by Gasteiger charge is -2.16. The van der Waals surface area contributed by atoms with Gasteiger partial charge in [0.2, 0.25) is 5.91 Å². The summed E-state index contributed by atoms with van der Waals surface area (Å²) in [7, 11) is 0. The minimum atomic E-state index is -0.114. The van der Waals surface area contributed by atoms with E-state index >= 15 is 0 Å². The van der Waals surface area contributed by atoms with Crippen LogP contribution in [0.2, 0.25) is 0 Å². The molecular formula is C24H20N6O2S. The monoisotopic (exact) mass is 456 g/mol. The molecule has 33 heavy (non-hydrogen) atoms. The first-order chi connectivity index (χ1) is 16.1. The van der Waals surface area contributed by atoms with Gasteiger partial charge in [-0.05, 0) is 54.3 Å². The number of amides is 2. The van der Waals surface area contributed by atoms with Crippen molar-refractivity contribution in [2.75, 3.05) is 10.2 Å². The van der Waals surface area contributed by atoms with Gasteiger partial charge in [-0.2, -0.15) is 0 Å². The van der Waals surface area contributed by atoms with E-state index in [0.29, 0.717) is 18.4 Å². The first-order valence-corrected chi connectivity index (χ1v) is 11.6. The Hall–Kier alpha value is -3.85. The van der Waals surface area contributed by atoms with Crippen LogP contribution < -0.4 is 10.2 Å². The van der Waals surface area contributed by atoms with E-state index in [-0.39, 0.29) is 11.8 Å². The smallest absolute Gasteiger partial charge is 0.270 e. The first kappa shape index (κ1) is 19.8. The van der Waals surface area contributed by atoms with Crippen molar-refractivity contribution in [2.24, 2.45) is 0 Å². The van der Waals surface area contributed by atoms with Crippen LogP contribution in [-0.2, 0) is 11.3 Å². The molecule has 0 unspecified atom stereocenters. The first-order valence-electron chi connectivity index (χ1n) is 10.8.